The fraction of sp³-hybridized carbons (Fsp3) is 0.200. The smallest absolute Gasteiger partial charge is 0.308 e. The molecule has 0 atom stereocenters. The van der Waals surface area contributed by atoms with Gasteiger partial charge in [-0.1, -0.05) is 58.9 Å². The Kier molecular flexibility index (Phi) is 4.86. The summed E-state index contributed by atoms with van der Waals surface area (Å²) in [5, 5.41) is 4.70. The minimum Gasteiger partial charge on any atom is -0.324 e. The van der Waals surface area contributed by atoms with Crippen molar-refractivity contribution in [1.82, 2.24) is 4.57 Å². The Balaban J connectivity index is 1.83. The lowest BCUT2D eigenvalue weighted by Gasteiger charge is -2.11. The highest BCUT2D eigenvalue weighted by atomic mass is 32.1. The predicted molar refractivity (Wildman–Crippen MR) is 103 cm³/mol. The maximum absolute atomic E-state index is 12.4. The standard InChI is InChI=1S/C20H20N2O2S/c1-13-4-7-16(8-5-13)18-12-25-20(24)22(18)11-19(23)21-17-9-6-14(2)10-15(17)3/h4-10,12H,11H2,1-3H3,(H,21,23). The molecule has 3 rings (SSSR count). The van der Waals surface area contributed by atoms with Crippen molar-refractivity contribution in [3.8, 4) is 11.3 Å². The van der Waals surface area contributed by atoms with Gasteiger partial charge in [-0.15, -0.1) is 0 Å². The van der Waals surface area contributed by atoms with Gasteiger partial charge in [-0.25, -0.2) is 0 Å². The van der Waals surface area contributed by atoms with E-state index in [1.807, 2.05) is 63.2 Å². The highest BCUT2D eigenvalue weighted by Crippen LogP contribution is 2.21. The third kappa shape index (κ3) is 3.88. The van der Waals surface area contributed by atoms with Crippen LogP contribution in [0.25, 0.3) is 11.3 Å². The van der Waals surface area contributed by atoms with Crippen LogP contribution in [0.5, 0.6) is 0 Å². The number of thiazole rings is 1. The zero-order valence-electron chi connectivity index (χ0n) is 14.5. The van der Waals surface area contributed by atoms with E-state index in [9.17, 15) is 9.59 Å². The number of anilines is 1. The maximum Gasteiger partial charge on any atom is 0.308 e. The molecule has 128 valence electrons. The van der Waals surface area contributed by atoms with Gasteiger partial charge in [-0.3, -0.25) is 14.2 Å². The first-order chi connectivity index (χ1) is 11.9. The van der Waals surface area contributed by atoms with E-state index in [0.717, 1.165) is 45.0 Å². The molecule has 1 aromatic heterocycles. The number of amides is 1. The minimum atomic E-state index is -0.208. The molecule has 0 aliphatic heterocycles. The molecule has 4 nitrogen and oxygen atoms in total. The molecule has 0 fully saturated rings. The van der Waals surface area contributed by atoms with Crippen LogP contribution >= 0.6 is 11.3 Å². The van der Waals surface area contributed by atoms with E-state index < -0.39 is 0 Å². The fourth-order valence-corrected chi connectivity index (χ4v) is 3.48. The van der Waals surface area contributed by atoms with Gasteiger partial charge in [0, 0.05) is 11.1 Å². The summed E-state index contributed by atoms with van der Waals surface area (Å²) >= 11 is 1.11. The number of benzene rings is 2. The quantitative estimate of drug-likeness (QED) is 0.767. The summed E-state index contributed by atoms with van der Waals surface area (Å²) in [5.74, 6) is -0.208. The molecule has 0 saturated carbocycles. The Hall–Kier alpha value is -2.66. The fourth-order valence-electron chi connectivity index (χ4n) is 2.72. The number of hydrogen-bond acceptors (Lipinski definition) is 3. The van der Waals surface area contributed by atoms with E-state index in [2.05, 4.69) is 5.32 Å². The van der Waals surface area contributed by atoms with Gasteiger partial charge in [-0.2, -0.15) is 0 Å². The molecule has 0 aliphatic carbocycles. The first-order valence-electron chi connectivity index (χ1n) is 8.06. The maximum atomic E-state index is 12.4. The van der Waals surface area contributed by atoms with Crippen LogP contribution in [0.2, 0.25) is 0 Å². The third-order valence-electron chi connectivity index (χ3n) is 4.09. The molecule has 2 aromatic carbocycles. The molecule has 0 radical (unpaired) electrons. The Labute approximate surface area is 150 Å². The predicted octanol–water partition coefficient (Wildman–Crippen LogP) is 4.14. The molecule has 0 aliphatic rings. The zero-order chi connectivity index (χ0) is 18.0. The van der Waals surface area contributed by atoms with Crippen LogP contribution < -0.4 is 10.2 Å². The van der Waals surface area contributed by atoms with Gasteiger partial charge in [0.15, 0.2) is 0 Å². The van der Waals surface area contributed by atoms with Crippen molar-refractivity contribution >= 4 is 22.9 Å². The molecule has 1 N–H and O–H groups in total. The van der Waals surface area contributed by atoms with E-state index in [1.165, 1.54) is 4.57 Å². The molecule has 0 unspecified atom stereocenters. The van der Waals surface area contributed by atoms with Crippen molar-refractivity contribution in [3.63, 3.8) is 0 Å². The zero-order valence-corrected chi connectivity index (χ0v) is 15.3. The number of aromatic nitrogens is 1. The average Bonchev–Trinajstić information content (AvgIpc) is 2.92. The molecule has 0 spiro atoms. The van der Waals surface area contributed by atoms with Gasteiger partial charge < -0.3 is 5.32 Å². The molecule has 5 heteroatoms. The van der Waals surface area contributed by atoms with Gasteiger partial charge in [0.05, 0.1) is 5.69 Å². The Morgan fingerprint density at radius 2 is 1.72 bits per heavy atom. The van der Waals surface area contributed by atoms with Crippen LogP contribution in [0.4, 0.5) is 5.69 Å². The van der Waals surface area contributed by atoms with Crippen LogP contribution in [-0.4, -0.2) is 10.5 Å². The number of rotatable bonds is 4. The lowest BCUT2D eigenvalue weighted by Crippen LogP contribution is -2.25. The van der Waals surface area contributed by atoms with Gasteiger partial charge in [0.2, 0.25) is 5.91 Å². The van der Waals surface area contributed by atoms with Crippen molar-refractivity contribution in [3.05, 3.63) is 74.2 Å². The summed E-state index contributed by atoms with van der Waals surface area (Å²) < 4.78 is 1.52. The Morgan fingerprint density at radius 1 is 1.04 bits per heavy atom. The third-order valence-corrected chi connectivity index (χ3v) is 4.85. The summed E-state index contributed by atoms with van der Waals surface area (Å²) in [6, 6.07) is 13.8. The first kappa shape index (κ1) is 17.2. The van der Waals surface area contributed by atoms with E-state index >= 15 is 0 Å². The molecule has 1 amide bonds. The van der Waals surface area contributed by atoms with Crippen LogP contribution in [0.3, 0.4) is 0 Å². The minimum absolute atomic E-state index is 0.00113. The van der Waals surface area contributed by atoms with Gasteiger partial charge >= 0.3 is 4.87 Å². The lowest BCUT2D eigenvalue weighted by atomic mass is 10.1. The number of nitrogens with zero attached hydrogens (tertiary/aromatic N) is 1. The summed E-state index contributed by atoms with van der Waals surface area (Å²) in [6.07, 6.45) is 0. The number of nitrogens with one attached hydrogen (secondary N) is 1. The largest absolute Gasteiger partial charge is 0.324 e. The van der Waals surface area contributed by atoms with Crippen molar-refractivity contribution in [2.45, 2.75) is 27.3 Å². The topological polar surface area (TPSA) is 51.1 Å². The van der Waals surface area contributed by atoms with Crippen molar-refractivity contribution in [2.24, 2.45) is 0 Å². The van der Waals surface area contributed by atoms with Gasteiger partial charge in [0.1, 0.15) is 6.54 Å². The van der Waals surface area contributed by atoms with Gasteiger partial charge in [-0.05, 0) is 38.0 Å². The van der Waals surface area contributed by atoms with E-state index in [-0.39, 0.29) is 17.3 Å². The van der Waals surface area contributed by atoms with E-state index in [0.29, 0.717) is 0 Å². The molecular formula is C20H20N2O2S. The molecule has 25 heavy (non-hydrogen) atoms. The van der Waals surface area contributed by atoms with Crippen molar-refractivity contribution in [2.75, 3.05) is 5.32 Å². The van der Waals surface area contributed by atoms with Crippen LogP contribution in [0, 0.1) is 20.8 Å². The molecule has 0 saturated heterocycles. The SMILES string of the molecule is Cc1ccc(-c2csc(=O)n2CC(=O)Nc2ccc(C)cc2C)cc1. The highest BCUT2D eigenvalue weighted by Gasteiger charge is 2.13. The second-order valence-corrected chi connectivity index (χ2v) is 7.03. The highest BCUT2D eigenvalue weighted by molar-refractivity contribution is 7.07. The first-order valence-corrected chi connectivity index (χ1v) is 8.94. The second-order valence-electron chi connectivity index (χ2n) is 6.21. The second kappa shape index (κ2) is 7.07. The Morgan fingerprint density at radius 3 is 2.40 bits per heavy atom. The Bertz CT molecular complexity index is 968. The van der Waals surface area contributed by atoms with E-state index in [4.69, 9.17) is 0 Å². The van der Waals surface area contributed by atoms with Gasteiger partial charge in [0.25, 0.3) is 0 Å². The van der Waals surface area contributed by atoms with Crippen molar-refractivity contribution in [1.29, 1.82) is 0 Å². The molecular weight excluding hydrogens is 332 g/mol. The monoisotopic (exact) mass is 352 g/mol. The number of hydrogen-bond donors (Lipinski definition) is 1. The van der Waals surface area contributed by atoms with Crippen LogP contribution in [-0.2, 0) is 11.3 Å². The number of aryl methyl sites for hydroxylation is 3. The van der Waals surface area contributed by atoms with E-state index in [1.54, 1.807) is 5.38 Å². The molecule has 0 bridgehead atoms. The lowest BCUT2D eigenvalue weighted by molar-refractivity contribution is -0.116. The average molecular weight is 352 g/mol. The molecule has 1 heterocycles. The summed E-state index contributed by atoms with van der Waals surface area (Å²) in [7, 11) is 0. The normalized spacial score (nSPS) is 10.7. The summed E-state index contributed by atoms with van der Waals surface area (Å²) in [5.41, 5.74) is 5.78. The van der Waals surface area contributed by atoms with Crippen LogP contribution in [0.15, 0.2) is 52.6 Å². The summed E-state index contributed by atoms with van der Waals surface area (Å²) in [4.78, 5) is 24.5. The van der Waals surface area contributed by atoms with Crippen molar-refractivity contribution < 1.29 is 4.79 Å². The molecule has 3 aromatic rings. The number of carbonyl (C=O) groups is 1. The summed E-state index contributed by atoms with van der Waals surface area (Å²) in [6.45, 7) is 5.98. The van der Waals surface area contributed by atoms with Crippen LogP contribution in [0.1, 0.15) is 16.7 Å². The number of carbonyl (C=O) groups excluding carboxylic acids is 1.